The Balaban J connectivity index is 2.67. The zero-order chi connectivity index (χ0) is 11.8. The van der Waals surface area contributed by atoms with Gasteiger partial charge in [-0.2, -0.15) is 0 Å². The Hall–Kier alpha value is -2.67. The van der Waals surface area contributed by atoms with Crippen molar-refractivity contribution in [1.29, 1.82) is 5.39 Å². The SMILES string of the molecule is N#[N+]c1cccc2oc3ccccc3c(=O)c12. The fourth-order valence-electron chi connectivity index (χ4n) is 1.91. The summed E-state index contributed by atoms with van der Waals surface area (Å²) < 4.78 is 5.60. The molecule has 0 aliphatic carbocycles. The standard InChI is InChI=1S/C13H7N2O2/c14-15-9-5-3-7-11-12(9)13(16)8-4-1-2-6-10(8)17-11/h1-7H/q+1. The molecule has 0 unspecified atom stereocenters. The molecule has 4 heteroatoms. The highest BCUT2D eigenvalue weighted by Crippen LogP contribution is 2.25. The molecule has 3 rings (SSSR count). The van der Waals surface area contributed by atoms with Gasteiger partial charge in [-0.25, -0.2) is 0 Å². The lowest BCUT2D eigenvalue weighted by Crippen LogP contribution is -2.01. The van der Waals surface area contributed by atoms with Crippen molar-refractivity contribution in [3.63, 3.8) is 0 Å². The third kappa shape index (κ3) is 1.30. The molecular weight excluding hydrogens is 216 g/mol. The van der Waals surface area contributed by atoms with Crippen LogP contribution >= 0.6 is 0 Å². The van der Waals surface area contributed by atoms with Crippen LogP contribution in [0.3, 0.4) is 0 Å². The van der Waals surface area contributed by atoms with Crippen molar-refractivity contribution < 1.29 is 4.42 Å². The zero-order valence-corrected chi connectivity index (χ0v) is 8.75. The van der Waals surface area contributed by atoms with Crippen LogP contribution in [0.2, 0.25) is 0 Å². The maximum absolute atomic E-state index is 12.2. The van der Waals surface area contributed by atoms with Crippen molar-refractivity contribution in [3.05, 3.63) is 57.7 Å². The van der Waals surface area contributed by atoms with E-state index in [-0.39, 0.29) is 11.1 Å². The summed E-state index contributed by atoms with van der Waals surface area (Å²) in [6.07, 6.45) is 0. The maximum atomic E-state index is 12.2. The number of fused-ring (bicyclic) bond motifs is 2. The Kier molecular flexibility index (Phi) is 1.92. The summed E-state index contributed by atoms with van der Waals surface area (Å²) in [7, 11) is 0. The molecule has 0 bridgehead atoms. The highest BCUT2D eigenvalue weighted by molar-refractivity contribution is 5.97. The first-order chi connectivity index (χ1) is 8.31. The fourth-order valence-corrected chi connectivity index (χ4v) is 1.91. The summed E-state index contributed by atoms with van der Waals surface area (Å²) in [4.78, 5) is 15.3. The molecule has 0 fully saturated rings. The van der Waals surface area contributed by atoms with E-state index >= 15 is 0 Å². The van der Waals surface area contributed by atoms with Gasteiger partial charge in [0.25, 0.3) is 0 Å². The summed E-state index contributed by atoms with van der Waals surface area (Å²) >= 11 is 0. The lowest BCUT2D eigenvalue weighted by atomic mass is 10.1. The van der Waals surface area contributed by atoms with Crippen LogP contribution in [-0.2, 0) is 0 Å². The van der Waals surface area contributed by atoms with Gasteiger partial charge in [-0.15, -0.1) is 0 Å². The molecule has 1 heterocycles. The Morgan fingerprint density at radius 2 is 1.76 bits per heavy atom. The van der Waals surface area contributed by atoms with E-state index in [0.29, 0.717) is 21.9 Å². The average Bonchev–Trinajstić information content (AvgIpc) is 2.38. The predicted molar refractivity (Wildman–Crippen MR) is 64.7 cm³/mol. The van der Waals surface area contributed by atoms with Crippen LogP contribution in [0.4, 0.5) is 5.69 Å². The first-order valence-corrected chi connectivity index (χ1v) is 5.11. The summed E-state index contributed by atoms with van der Waals surface area (Å²) in [6.45, 7) is 0. The number of diazo groups is 1. The minimum atomic E-state index is -0.185. The Bertz CT molecular complexity index is 828. The van der Waals surface area contributed by atoms with Crippen LogP contribution in [-0.4, -0.2) is 0 Å². The third-order valence-corrected chi connectivity index (χ3v) is 2.69. The Morgan fingerprint density at radius 1 is 1.00 bits per heavy atom. The normalized spacial score (nSPS) is 10.5. The van der Waals surface area contributed by atoms with Gasteiger partial charge >= 0.3 is 5.69 Å². The molecule has 0 N–H and O–H groups in total. The van der Waals surface area contributed by atoms with Gasteiger partial charge in [-0.1, -0.05) is 18.2 Å². The second-order valence-corrected chi connectivity index (χ2v) is 3.68. The van der Waals surface area contributed by atoms with Crippen molar-refractivity contribution >= 4 is 27.6 Å². The second kappa shape index (κ2) is 3.42. The number of hydrogen-bond acceptors (Lipinski definition) is 3. The van der Waals surface area contributed by atoms with Crippen LogP contribution in [0.25, 0.3) is 26.9 Å². The first kappa shape index (κ1) is 9.55. The fraction of sp³-hybridized carbons (Fsp3) is 0. The van der Waals surface area contributed by atoms with Crippen LogP contribution in [0.1, 0.15) is 0 Å². The van der Waals surface area contributed by atoms with Crippen molar-refractivity contribution in [1.82, 2.24) is 0 Å². The Morgan fingerprint density at radius 3 is 2.59 bits per heavy atom. The molecule has 0 spiro atoms. The molecule has 80 valence electrons. The van der Waals surface area contributed by atoms with Crippen molar-refractivity contribution in [2.45, 2.75) is 0 Å². The number of benzene rings is 2. The number of hydrogen-bond donors (Lipinski definition) is 0. The number of nitrogens with zero attached hydrogens (tertiary/aromatic N) is 2. The molecule has 0 saturated heterocycles. The summed E-state index contributed by atoms with van der Waals surface area (Å²) in [5, 5.41) is 9.66. The largest absolute Gasteiger partial charge is 0.456 e. The summed E-state index contributed by atoms with van der Waals surface area (Å²) in [5.74, 6) is 0. The molecule has 1 aromatic heterocycles. The van der Waals surface area contributed by atoms with Gasteiger partial charge in [-0.05, 0) is 18.2 Å². The van der Waals surface area contributed by atoms with E-state index in [1.165, 1.54) is 0 Å². The minimum Gasteiger partial charge on any atom is -0.456 e. The van der Waals surface area contributed by atoms with Crippen LogP contribution in [0, 0.1) is 5.39 Å². The molecule has 4 nitrogen and oxygen atoms in total. The molecule has 2 aromatic carbocycles. The lowest BCUT2D eigenvalue weighted by molar-refractivity contribution is 0.660. The van der Waals surface area contributed by atoms with E-state index < -0.39 is 0 Å². The average molecular weight is 223 g/mol. The van der Waals surface area contributed by atoms with E-state index in [1.807, 2.05) is 0 Å². The molecule has 0 aliphatic heterocycles. The van der Waals surface area contributed by atoms with Crippen LogP contribution in [0.5, 0.6) is 0 Å². The molecule has 17 heavy (non-hydrogen) atoms. The highest BCUT2D eigenvalue weighted by Gasteiger charge is 2.18. The topological polar surface area (TPSA) is 58.4 Å². The first-order valence-electron chi connectivity index (χ1n) is 5.11. The molecule has 0 aliphatic rings. The van der Waals surface area contributed by atoms with Gasteiger partial charge in [0.1, 0.15) is 11.2 Å². The Labute approximate surface area is 95.7 Å². The summed E-state index contributed by atoms with van der Waals surface area (Å²) in [6, 6.07) is 11.9. The minimum absolute atomic E-state index is 0.185. The smallest absolute Gasteiger partial charge is 0.399 e. The van der Waals surface area contributed by atoms with E-state index in [9.17, 15) is 4.79 Å². The van der Waals surface area contributed by atoms with Gasteiger partial charge in [0.2, 0.25) is 10.8 Å². The third-order valence-electron chi connectivity index (χ3n) is 2.69. The van der Waals surface area contributed by atoms with Crippen molar-refractivity contribution in [2.24, 2.45) is 0 Å². The van der Waals surface area contributed by atoms with Gasteiger partial charge in [-0.3, -0.25) is 4.79 Å². The summed E-state index contributed by atoms with van der Waals surface area (Å²) in [5.41, 5.74) is 0.987. The number of rotatable bonds is 0. The van der Waals surface area contributed by atoms with Crippen molar-refractivity contribution in [3.8, 4) is 0 Å². The van der Waals surface area contributed by atoms with Gasteiger partial charge in [0.15, 0.2) is 10.4 Å². The molecule has 0 radical (unpaired) electrons. The van der Waals surface area contributed by atoms with Gasteiger partial charge in [0, 0.05) is 6.07 Å². The van der Waals surface area contributed by atoms with E-state index in [1.54, 1.807) is 42.5 Å². The predicted octanol–water partition coefficient (Wildman–Crippen LogP) is 3.43. The zero-order valence-electron chi connectivity index (χ0n) is 8.75. The molecule has 0 amide bonds. The van der Waals surface area contributed by atoms with E-state index in [0.717, 1.165) is 0 Å². The molecule has 3 aromatic rings. The maximum Gasteiger partial charge on any atom is 0.399 e. The number of para-hydroxylation sites is 1. The molecular formula is C13H7N2O2+. The molecule has 0 atom stereocenters. The van der Waals surface area contributed by atoms with Gasteiger partial charge < -0.3 is 4.42 Å². The van der Waals surface area contributed by atoms with Crippen molar-refractivity contribution in [2.75, 3.05) is 0 Å². The highest BCUT2D eigenvalue weighted by atomic mass is 16.3. The van der Waals surface area contributed by atoms with Crippen LogP contribution < -0.4 is 5.43 Å². The quantitative estimate of drug-likeness (QED) is 0.433. The van der Waals surface area contributed by atoms with E-state index in [2.05, 4.69) is 4.98 Å². The van der Waals surface area contributed by atoms with E-state index in [4.69, 9.17) is 9.81 Å². The van der Waals surface area contributed by atoms with Gasteiger partial charge in [0.05, 0.1) is 5.39 Å². The molecule has 0 saturated carbocycles. The van der Waals surface area contributed by atoms with Crippen LogP contribution in [0.15, 0.2) is 51.7 Å². The lowest BCUT2D eigenvalue weighted by Gasteiger charge is -1.98. The second-order valence-electron chi connectivity index (χ2n) is 3.68. The monoisotopic (exact) mass is 223 g/mol.